The number of hydrogen-bond acceptors (Lipinski definition) is 5. The van der Waals surface area contributed by atoms with Crippen LogP contribution in [0.15, 0.2) is 18.2 Å². The smallest absolute Gasteiger partial charge is 0.407 e. The van der Waals surface area contributed by atoms with Crippen LogP contribution in [0.3, 0.4) is 0 Å². The minimum absolute atomic E-state index is 0.209. The molecule has 2 fully saturated rings. The van der Waals surface area contributed by atoms with Crippen molar-refractivity contribution < 1.29 is 23.9 Å². The molecule has 3 N–H and O–H groups in total. The molecule has 1 aromatic rings. The molecule has 8 heteroatoms. The summed E-state index contributed by atoms with van der Waals surface area (Å²) in [4.78, 5) is 36.4. The highest BCUT2D eigenvalue weighted by Gasteiger charge is 2.55. The Hall–Kier alpha value is -2.61. The summed E-state index contributed by atoms with van der Waals surface area (Å²) in [5.74, 6) is 1.44. The Labute approximate surface area is 239 Å². The van der Waals surface area contributed by atoms with E-state index in [0.717, 1.165) is 24.6 Å². The first-order valence-electron chi connectivity index (χ1n) is 15.3. The van der Waals surface area contributed by atoms with E-state index in [9.17, 15) is 14.4 Å². The lowest BCUT2D eigenvalue weighted by molar-refractivity contribution is -0.126. The highest BCUT2D eigenvalue weighted by atomic mass is 16.6. The zero-order valence-corrected chi connectivity index (χ0v) is 25.1. The summed E-state index contributed by atoms with van der Waals surface area (Å²) in [5.41, 5.74) is 3.34. The van der Waals surface area contributed by atoms with E-state index in [-0.39, 0.29) is 18.2 Å². The van der Waals surface area contributed by atoms with Gasteiger partial charge in [-0.25, -0.2) is 4.79 Å². The predicted molar refractivity (Wildman–Crippen MR) is 156 cm³/mol. The molecule has 4 rings (SSSR count). The van der Waals surface area contributed by atoms with E-state index in [4.69, 9.17) is 9.47 Å². The number of ether oxygens (including phenoxy) is 2. The fourth-order valence-corrected chi connectivity index (χ4v) is 7.48. The second-order valence-corrected chi connectivity index (χ2v) is 13.1. The third-order valence-electron chi connectivity index (χ3n) is 9.21. The van der Waals surface area contributed by atoms with E-state index >= 15 is 0 Å². The Morgan fingerprint density at radius 3 is 2.48 bits per heavy atom. The number of alkyl carbamates (subject to hydrolysis) is 1. The van der Waals surface area contributed by atoms with Gasteiger partial charge in [0.2, 0.25) is 11.8 Å². The van der Waals surface area contributed by atoms with Crippen molar-refractivity contribution in [3.05, 3.63) is 29.3 Å². The Morgan fingerprint density at radius 2 is 1.75 bits per heavy atom. The molecule has 5 atom stereocenters. The molecule has 0 saturated heterocycles. The zero-order valence-electron chi connectivity index (χ0n) is 25.1. The number of anilines is 1. The molecule has 0 aromatic heterocycles. The molecule has 8 nitrogen and oxygen atoms in total. The molecular formula is C32H49N3O5. The number of rotatable bonds is 10. The summed E-state index contributed by atoms with van der Waals surface area (Å²) in [6, 6.07) is 6.33. The highest BCUT2D eigenvalue weighted by Crippen LogP contribution is 2.61. The molecule has 0 aliphatic heterocycles. The topological polar surface area (TPSA) is 106 Å². The number of carbonyl (C=O) groups excluding carboxylic acids is 3. The van der Waals surface area contributed by atoms with E-state index in [1.165, 1.54) is 43.2 Å². The maximum atomic E-state index is 12.5. The molecule has 0 spiro atoms. The van der Waals surface area contributed by atoms with Gasteiger partial charge in [0.05, 0.1) is 6.10 Å². The number of hydrogen-bond donors (Lipinski definition) is 3. The summed E-state index contributed by atoms with van der Waals surface area (Å²) in [5, 5.41) is 8.41. The fraction of sp³-hybridized carbons (Fsp3) is 0.719. The van der Waals surface area contributed by atoms with Gasteiger partial charge in [-0.1, -0.05) is 13.0 Å². The summed E-state index contributed by atoms with van der Waals surface area (Å²) in [6.45, 7) is 11.8. The lowest BCUT2D eigenvalue weighted by atomic mass is 9.55. The van der Waals surface area contributed by atoms with Crippen LogP contribution in [0.5, 0.6) is 0 Å². The Bertz CT molecular complexity index is 1070. The third kappa shape index (κ3) is 7.36. The van der Waals surface area contributed by atoms with Gasteiger partial charge in [-0.2, -0.15) is 0 Å². The maximum Gasteiger partial charge on any atom is 0.407 e. The number of nitrogens with one attached hydrogen (secondary N) is 3. The maximum absolute atomic E-state index is 12.5. The number of benzene rings is 1. The molecule has 40 heavy (non-hydrogen) atoms. The number of unbranched alkanes of at least 4 members (excludes halogenated alkanes) is 1. The largest absolute Gasteiger partial charge is 0.444 e. The molecule has 3 aliphatic rings. The molecule has 0 bridgehead atoms. The van der Waals surface area contributed by atoms with Gasteiger partial charge in [-0.15, -0.1) is 0 Å². The highest BCUT2D eigenvalue weighted by molar-refractivity contribution is 6.03. The minimum atomic E-state index is -0.525. The van der Waals surface area contributed by atoms with Crippen LogP contribution in [-0.4, -0.2) is 49.3 Å². The molecule has 222 valence electrons. The predicted octanol–water partition coefficient (Wildman–Crippen LogP) is 5.70. The molecule has 3 unspecified atom stereocenters. The average molecular weight is 556 g/mol. The summed E-state index contributed by atoms with van der Waals surface area (Å²) in [7, 11) is 0. The van der Waals surface area contributed by atoms with Crippen LogP contribution < -0.4 is 16.0 Å². The number of fused-ring (bicyclic) bond motifs is 5. The lowest BCUT2D eigenvalue weighted by Crippen LogP contribution is -2.44. The van der Waals surface area contributed by atoms with E-state index in [1.54, 1.807) is 0 Å². The van der Waals surface area contributed by atoms with Gasteiger partial charge >= 0.3 is 6.09 Å². The van der Waals surface area contributed by atoms with Crippen molar-refractivity contribution in [1.82, 2.24) is 10.6 Å². The first kappa shape index (κ1) is 30.4. The van der Waals surface area contributed by atoms with Crippen LogP contribution in [0.2, 0.25) is 0 Å². The van der Waals surface area contributed by atoms with Crippen LogP contribution in [0.4, 0.5) is 10.5 Å². The van der Waals surface area contributed by atoms with Gasteiger partial charge in [0, 0.05) is 25.4 Å². The van der Waals surface area contributed by atoms with Crippen molar-refractivity contribution in [1.29, 1.82) is 0 Å². The van der Waals surface area contributed by atoms with E-state index in [2.05, 4.69) is 41.9 Å². The van der Waals surface area contributed by atoms with E-state index < -0.39 is 11.7 Å². The van der Waals surface area contributed by atoms with Crippen LogP contribution >= 0.6 is 0 Å². The molecule has 2 saturated carbocycles. The van der Waals surface area contributed by atoms with Crippen molar-refractivity contribution in [2.45, 2.75) is 110 Å². The van der Waals surface area contributed by atoms with Crippen molar-refractivity contribution in [2.24, 2.45) is 17.3 Å². The summed E-state index contributed by atoms with van der Waals surface area (Å²) in [6.07, 6.45) is 8.28. The normalized spacial score (nSPS) is 27.1. The third-order valence-corrected chi connectivity index (χ3v) is 9.21. The Balaban J connectivity index is 1.20. The molecule has 0 heterocycles. The quantitative estimate of drug-likeness (QED) is 0.254. The number of aryl methyl sites for hydroxylation is 1. The molecule has 3 amide bonds. The fourth-order valence-electron chi connectivity index (χ4n) is 7.48. The van der Waals surface area contributed by atoms with E-state index in [0.29, 0.717) is 49.3 Å². The zero-order chi connectivity index (χ0) is 28.9. The summed E-state index contributed by atoms with van der Waals surface area (Å²) >= 11 is 0. The second-order valence-electron chi connectivity index (χ2n) is 13.1. The molecular weight excluding hydrogens is 506 g/mol. The van der Waals surface area contributed by atoms with Crippen LogP contribution in [0.25, 0.3) is 0 Å². The van der Waals surface area contributed by atoms with Gasteiger partial charge in [-0.3, -0.25) is 9.59 Å². The first-order chi connectivity index (χ1) is 19.0. The molecule has 3 aliphatic carbocycles. The van der Waals surface area contributed by atoms with Gasteiger partial charge in [0.15, 0.2) is 0 Å². The van der Waals surface area contributed by atoms with Crippen molar-refractivity contribution in [3.8, 4) is 0 Å². The SMILES string of the molecule is CCO[C@H]1CCC2C3CCc4cc(NC(=O)CC(=O)NCCCCNC(=O)OC(C)(C)C)ccc4C3CC[C@@]21C. The molecule has 1 aromatic carbocycles. The first-order valence-corrected chi connectivity index (χ1v) is 15.3. The van der Waals surface area contributed by atoms with Gasteiger partial charge in [0.25, 0.3) is 0 Å². The van der Waals surface area contributed by atoms with Crippen molar-refractivity contribution in [3.63, 3.8) is 0 Å². The standard InChI is InChI=1S/C32H49N3O5/c1-6-39-27-14-13-26-25-11-9-21-19-22(10-12-23(21)24(25)15-16-32(26,27)5)35-29(37)20-28(36)33-17-7-8-18-34-30(38)40-31(2,3)4/h10,12,19,24-27H,6-9,11,13-18,20H2,1-5H3,(H,33,36)(H,34,38)(H,35,37)/t24?,25?,26?,27-,32-/m0/s1. The monoisotopic (exact) mass is 555 g/mol. The van der Waals surface area contributed by atoms with Gasteiger partial charge in [0.1, 0.15) is 12.0 Å². The lowest BCUT2D eigenvalue weighted by Gasteiger charge is -2.50. The van der Waals surface area contributed by atoms with Crippen molar-refractivity contribution >= 4 is 23.6 Å². The average Bonchev–Trinajstić information content (AvgIpc) is 3.21. The van der Waals surface area contributed by atoms with E-state index in [1.807, 2.05) is 26.8 Å². The summed E-state index contributed by atoms with van der Waals surface area (Å²) < 4.78 is 11.4. The van der Waals surface area contributed by atoms with Gasteiger partial charge < -0.3 is 25.4 Å². The van der Waals surface area contributed by atoms with Crippen LogP contribution in [-0.2, 0) is 25.5 Å². The van der Waals surface area contributed by atoms with Crippen molar-refractivity contribution in [2.75, 3.05) is 25.0 Å². The molecule has 0 radical (unpaired) electrons. The van der Waals surface area contributed by atoms with Gasteiger partial charge in [-0.05, 0) is 125 Å². The number of amides is 3. The Kier molecular flexibility index (Phi) is 9.80. The Morgan fingerprint density at radius 1 is 1.00 bits per heavy atom. The number of carbonyl (C=O) groups is 3. The van der Waals surface area contributed by atoms with Crippen LogP contribution in [0, 0.1) is 17.3 Å². The minimum Gasteiger partial charge on any atom is -0.444 e. The van der Waals surface area contributed by atoms with Crippen LogP contribution in [0.1, 0.15) is 103 Å². The second kappa shape index (κ2) is 12.9.